The van der Waals surface area contributed by atoms with Crippen molar-refractivity contribution in [3.8, 4) is 5.75 Å². The maximum absolute atomic E-state index is 12.5. The van der Waals surface area contributed by atoms with Gasteiger partial charge < -0.3 is 19.3 Å². The normalized spacial score (nSPS) is 19.1. The minimum absolute atomic E-state index is 0.0123. The second kappa shape index (κ2) is 6.74. The van der Waals surface area contributed by atoms with Crippen LogP contribution in [-0.4, -0.2) is 60.4 Å². The van der Waals surface area contributed by atoms with Crippen molar-refractivity contribution in [2.24, 2.45) is 0 Å². The SMILES string of the molecule is CCOC(=O)N1CCN(/C=C2/C(=O)Oc3ccccc3C2=O)CC1. The highest BCUT2D eigenvalue weighted by molar-refractivity contribution is 6.27. The maximum atomic E-state index is 12.5. The monoisotopic (exact) mass is 330 g/mol. The van der Waals surface area contributed by atoms with Gasteiger partial charge in [-0.2, -0.15) is 0 Å². The number of hydrogen-bond acceptors (Lipinski definition) is 6. The van der Waals surface area contributed by atoms with Gasteiger partial charge in [0.2, 0.25) is 5.78 Å². The fourth-order valence-corrected chi connectivity index (χ4v) is 2.68. The third-order valence-corrected chi connectivity index (χ3v) is 3.95. The summed E-state index contributed by atoms with van der Waals surface area (Å²) in [7, 11) is 0. The third-order valence-electron chi connectivity index (χ3n) is 3.95. The first kappa shape index (κ1) is 16.0. The molecule has 2 aliphatic rings. The average molecular weight is 330 g/mol. The standard InChI is InChI=1S/C17H18N2O5/c1-2-23-17(22)19-9-7-18(8-10-19)11-13-15(20)12-5-3-4-6-14(12)24-16(13)21/h3-6,11H,2,7-10H2,1H3/b13-11+. The van der Waals surface area contributed by atoms with Crippen LogP contribution in [0.3, 0.4) is 0 Å². The van der Waals surface area contributed by atoms with Gasteiger partial charge >= 0.3 is 12.1 Å². The van der Waals surface area contributed by atoms with E-state index in [1.807, 2.05) is 4.90 Å². The van der Waals surface area contributed by atoms with E-state index in [0.717, 1.165) is 0 Å². The molecule has 0 atom stereocenters. The number of piperazine rings is 1. The maximum Gasteiger partial charge on any atom is 0.409 e. The summed E-state index contributed by atoms with van der Waals surface area (Å²) in [5, 5.41) is 0. The van der Waals surface area contributed by atoms with Gasteiger partial charge in [-0.3, -0.25) is 4.79 Å². The number of carbonyl (C=O) groups is 3. The van der Waals surface area contributed by atoms with Crippen LogP contribution in [0, 0.1) is 0 Å². The topological polar surface area (TPSA) is 76.2 Å². The molecule has 0 aromatic heterocycles. The van der Waals surface area contributed by atoms with Gasteiger partial charge in [-0.05, 0) is 19.1 Å². The number of benzene rings is 1. The summed E-state index contributed by atoms with van der Waals surface area (Å²) in [6, 6.07) is 6.67. The summed E-state index contributed by atoms with van der Waals surface area (Å²) in [4.78, 5) is 39.7. The number of carbonyl (C=O) groups excluding carboxylic acids is 3. The highest BCUT2D eigenvalue weighted by Crippen LogP contribution is 2.27. The van der Waals surface area contributed by atoms with Crippen LogP contribution in [0.2, 0.25) is 0 Å². The Hall–Kier alpha value is -2.83. The van der Waals surface area contributed by atoms with Crippen LogP contribution < -0.4 is 4.74 Å². The number of Topliss-reactive ketones (excluding diaryl/α,β-unsaturated/α-hetero) is 1. The molecule has 1 amide bonds. The molecule has 126 valence electrons. The van der Waals surface area contributed by atoms with Crippen LogP contribution in [0.1, 0.15) is 17.3 Å². The zero-order valence-corrected chi connectivity index (χ0v) is 13.4. The predicted molar refractivity (Wildman–Crippen MR) is 84.7 cm³/mol. The van der Waals surface area contributed by atoms with Crippen molar-refractivity contribution in [3.05, 3.63) is 41.6 Å². The largest absolute Gasteiger partial charge is 0.450 e. The molecule has 2 aliphatic heterocycles. The van der Waals surface area contributed by atoms with Crippen molar-refractivity contribution < 1.29 is 23.9 Å². The fourth-order valence-electron chi connectivity index (χ4n) is 2.68. The van der Waals surface area contributed by atoms with Crippen molar-refractivity contribution in [2.75, 3.05) is 32.8 Å². The Kier molecular flexibility index (Phi) is 4.50. The van der Waals surface area contributed by atoms with Gasteiger partial charge in [-0.25, -0.2) is 9.59 Å². The molecule has 0 bridgehead atoms. The Morgan fingerprint density at radius 2 is 1.92 bits per heavy atom. The number of esters is 1. The van der Waals surface area contributed by atoms with Gasteiger partial charge in [0.25, 0.3) is 0 Å². The molecule has 1 fully saturated rings. The van der Waals surface area contributed by atoms with Crippen LogP contribution in [0.15, 0.2) is 36.0 Å². The van der Waals surface area contributed by atoms with Gasteiger partial charge in [0.15, 0.2) is 0 Å². The quantitative estimate of drug-likeness (QED) is 0.353. The molecule has 0 spiro atoms. The first-order valence-electron chi connectivity index (χ1n) is 7.83. The molecular weight excluding hydrogens is 312 g/mol. The van der Waals surface area contributed by atoms with E-state index < -0.39 is 5.97 Å². The first-order chi connectivity index (χ1) is 11.6. The number of nitrogens with zero attached hydrogens (tertiary/aromatic N) is 2. The van der Waals surface area contributed by atoms with Crippen LogP contribution in [0.4, 0.5) is 4.79 Å². The molecule has 2 heterocycles. The summed E-state index contributed by atoms with van der Waals surface area (Å²) in [6.45, 7) is 4.08. The lowest BCUT2D eigenvalue weighted by molar-refractivity contribution is -0.130. The third kappa shape index (κ3) is 3.10. The Morgan fingerprint density at radius 3 is 2.62 bits per heavy atom. The Balaban J connectivity index is 1.70. The molecule has 7 nitrogen and oxygen atoms in total. The van der Waals surface area contributed by atoms with E-state index in [9.17, 15) is 14.4 Å². The van der Waals surface area contributed by atoms with Gasteiger partial charge in [-0.1, -0.05) is 12.1 Å². The van der Waals surface area contributed by atoms with Crippen LogP contribution in [-0.2, 0) is 9.53 Å². The van der Waals surface area contributed by atoms with Gasteiger partial charge in [-0.15, -0.1) is 0 Å². The van der Waals surface area contributed by atoms with Gasteiger partial charge in [0, 0.05) is 32.4 Å². The molecule has 0 unspecified atom stereocenters. The van der Waals surface area contributed by atoms with Crippen molar-refractivity contribution >= 4 is 17.8 Å². The van der Waals surface area contributed by atoms with E-state index in [4.69, 9.17) is 9.47 Å². The minimum Gasteiger partial charge on any atom is -0.450 e. The van der Waals surface area contributed by atoms with E-state index in [1.165, 1.54) is 6.20 Å². The van der Waals surface area contributed by atoms with E-state index in [0.29, 0.717) is 38.3 Å². The average Bonchev–Trinajstić information content (AvgIpc) is 2.59. The molecule has 7 heteroatoms. The lowest BCUT2D eigenvalue weighted by Gasteiger charge is -2.33. The number of para-hydroxylation sites is 1. The number of hydrogen-bond donors (Lipinski definition) is 0. The zero-order chi connectivity index (χ0) is 17.1. The Bertz CT molecular complexity index is 705. The lowest BCUT2D eigenvalue weighted by Crippen LogP contribution is -2.47. The van der Waals surface area contributed by atoms with Crippen molar-refractivity contribution in [1.82, 2.24) is 9.80 Å². The zero-order valence-electron chi connectivity index (χ0n) is 13.4. The van der Waals surface area contributed by atoms with E-state index in [-0.39, 0.29) is 23.2 Å². The summed E-state index contributed by atoms with van der Waals surface area (Å²) in [6.07, 6.45) is 1.19. The highest BCUT2D eigenvalue weighted by Gasteiger charge is 2.31. The van der Waals surface area contributed by atoms with Gasteiger partial charge in [0.05, 0.1) is 12.2 Å². The summed E-state index contributed by atoms with van der Waals surface area (Å²) < 4.78 is 10.2. The molecule has 0 radical (unpaired) electrons. The van der Waals surface area contributed by atoms with Crippen LogP contribution in [0.25, 0.3) is 0 Å². The number of amides is 1. The highest BCUT2D eigenvalue weighted by atomic mass is 16.6. The minimum atomic E-state index is -0.647. The van der Waals surface area contributed by atoms with Crippen molar-refractivity contribution in [3.63, 3.8) is 0 Å². The molecule has 1 saturated heterocycles. The summed E-state index contributed by atoms with van der Waals surface area (Å²) in [5.41, 5.74) is 0.395. The van der Waals surface area contributed by atoms with E-state index in [1.54, 1.807) is 36.1 Å². The van der Waals surface area contributed by atoms with Crippen molar-refractivity contribution in [2.45, 2.75) is 6.92 Å². The van der Waals surface area contributed by atoms with E-state index >= 15 is 0 Å². The molecule has 0 saturated carbocycles. The van der Waals surface area contributed by atoms with Gasteiger partial charge in [0.1, 0.15) is 11.3 Å². The van der Waals surface area contributed by atoms with Crippen LogP contribution in [0.5, 0.6) is 5.75 Å². The second-order valence-electron chi connectivity index (χ2n) is 5.48. The molecule has 3 rings (SSSR count). The predicted octanol–water partition coefficient (Wildman–Crippen LogP) is 1.45. The number of ketones is 1. The Labute approximate surface area is 139 Å². The van der Waals surface area contributed by atoms with Crippen LogP contribution >= 0.6 is 0 Å². The van der Waals surface area contributed by atoms with E-state index in [2.05, 4.69) is 0 Å². The van der Waals surface area contributed by atoms with Crippen molar-refractivity contribution in [1.29, 1.82) is 0 Å². The number of fused-ring (bicyclic) bond motifs is 1. The Morgan fingerprint density at radius 1 is 1.21 bits per heavy atom. The molecule has 0 aliphatic carbocycles. The summed E-state index contributed by atoms with van der Waals surface area (Å²) in [5.74, 6) is -0.696. The molecule has 1 aromatic carbocycles. The molecule has 24 heavy (non-hydrogen) atoms. The smallest absolute Gasteiger partial charge is 0.409 e. The molecule has 1 aromatic rings. The lowest BCUT2D eigenvalue weighted by atomic mass is 10.0. The molecule has 0 N–H and O–H groups in total. The summed E-state index contributed by atoms with van der Waals surface area (Å²) >= 11 is 0. The molecular formula is C17H18N2O5. The first-order valence-corrected chi connectivity index (χ1v) is 7.83. The number of rotatable bonds is 2. The number of ether oxygens (including phenoxy) is 2. The fraction of sp³-hybridized carbons (Fsp3) is 0.353. The second-order valence-corrected chi connectivity index (χ2v) is 5.48.